The Hall–Kier alpha value is -2.88. The predicted molar refractivity (Wildman–Crippen MR) is 121 cm³/mol. The molecule has 1 unspecified atom stereocenters. The highest BCUT2D eigenvalue weighted by atomic mass is 32.1. The average molecular weight is 460 g/mol. The maximum Gasteiger partial charge on any atom is 0.409 e. The van der Waals surface area contributed by atoms with Crippen LogP contribution in [0.25, 0.3) is 0 Å². The number of amides is 2. The average Bonchev–Trinajstić information content (AvgIpc) is 3.48. The number of carbonyl (C=O) groups excluding carboxylic acids is 2. The molecule has 0 N–H and O–H groups in total. The van der Waals surface area contributed by atoms with E-state index in [2.05, 4.69) is 9.27 Å². The molecule has 2 aliphatic heterocycles. The van der Waals surface area contributed by atoms with E-state index in [-0.39, 0.29) is 18.0 Å². The Morgan fingerprint density at radius 1 is 1.16 bits per heavy atom. The summed E-state index contributed by atoms with van der Waals surface area (Å²) in [6.07, 6.45) is 2.07. The van der Waals surface area contributed by atoms with E-state index in [1.165, 1.54) is 11.5 Å². The molecule has 3 heterocycles. The molecule has 0 spiro atoms. The second-order valence-corrected chi connectivity index (χ2v) is 8.61. The van der Waals surface area contributed by atoms with Crippen LogP contribution in [0.15, 0.2) is 24.3 Å². The van der Waals surface area contributed by atoms with E-state index in [0.29, 0.717) is 39.2 Å². The highest BCUT2D eigenvalue weighted by molar-refractivity contribution is 7.09. The lowest BCUT2D eigenvalue weighted by Crippen LogP contribution is -2.54. The molecule has 0 radical (unpaired) electrons. The standard InChI is InChI=1S/C22H29N5O4S/c1-3-31-22(29)26-12-10-25(11-13-26)20(28)18-8-5-9-27(18)21-23-19(24-32-21)15-16-6-4-7-17(14-16)30-2/h4,6-7,14,18H,3,5,8-13,15H2,1-2H3. The molecule has 2 aromatic rings. The molecule has 2 amide bonds. The molecule has 0 bridgehead atoms. The van der Waals surface area contributed by atoms with Crippen molar-refractivity contribution in [3.05, 3.63) is 35.7 Å². The van der Waals surface area contributed by atoms with E-state index in [1.54, 1.807) is 18.9 Å². The smallest absolute Gasteiger partial charge is 0.409 e. The highest BCUT2D eigenvalue weighted by Gasteiger charge is 2.37. The second-order valence-electron chi connectivity index (χ2n) is 7.88. The predicted octanol–water partition coefficient (Wildman–Crippen LogP) is 2.41. The van der Waals surface area contributed by atoms with E-state index in [1.807, 2.05) is 29.2 Å². The lowest BCUT2D eigenvalue weighted by Gasteiger charge is -2.36. The summed E-state index contributed by atoms with van der Waals surface area (Å²) in [4.78, 5) is 35.5. The van der Waals surface area contributed by atoms with Crippen LogP contribution in [0.2, 0.25) is 0 Å². The van der Waals surface area contributed by atoms with E-state index in [9.17, 15) is 9.59 Å². The van der Waals surface area contributed by atoms with Gasteiger partial charge in [-0.05, 0) is 37.5 Å². The van der Waals surface area contributed by atoms with Crippen LogP contribution in [0.3, 0.4) is 0 Å². The van der Waals surface area contributed by atoms with Crippen molar-refractivity contribution in [2.24, 2.45) is 0 Å². The number of methoxy groups -OCH3 is 1. The second kappa shape index (κ2) is 10.2. The maximum absolute atomic E-state index is 13.2. The van der Waals surface area contributed by atoms with Gasteiger partial charge in [-0.25, -0.2) is 9.78 Å². The van der Waals surface area contributed by atoms with Gasteiger partial charge in [0.25, 0.3) is 0 Å². The molecular weight excluding hydrogens is 430 g/mol. The van der Waals surface area contributed by atoms with Crippen LogP contribution in [0, 0.1) is 0 Å². The number of hydrogen-bond acceptors (Lipinski definition) is 8. The number of rotatable bonds is 6. The van der Waals surface area contributed by atoms with Gasteiger partial charge in [-0.2, -0.15) is 4.37 Å². The van der Waals surface area contributed by atoms with Gasteiger partial charge in [0.1, 0.15) is 17.6 Å². The Morgan fingerprint density at radius 2 is 1.94 bits per heavy atom. The largest absolute Gasteiger partial charge is 0.497 e. The molecule has 1 aromatic carbocycles. The Kier molecular flexibility index (Phi) is 7.09. The molecule has 2 aliphatic rings. The number of nitrogens with zero attached hydrogens (tertiary/aromatic N) is 5. The maximum atomic E-state index is 13.2. The van der Waals surface area contributed by atoms with E-state index < -0.39 is 0 Å². The fraction of sp³-hybridized carbons (Fsp3) is 0.545. The zero-order valence-electron chi connectivity index (χ0n) is 18.5. The van der Waals surface area contributed by atoms with Gasteiger partial charge < -0.3 is 24.2 Å². The van der Waals surface area contributed by atoms with Crippen molar-refractivity contribution in [2.75, 3.05) is 51.3 Å². The molecular formula is C22H29N5O4S. The third-order valence-corrected chi connectivity index (χ3v) is 6.65. The normalized spacial score (nSPS) is 18.7. The summed E-state index contributed by atoms with van der Waals surface area (Å²) in [6.45, 7) is 5.01. The van der Waals surface area contributed by atoms with Crippen LogP contribution in [-0.2, 0) is 16.0 Å². The van der Waals surface area contributed by atoms with Gasteiger partial charge in [0.2, 0.25) is 11.0 Å². The summed E-state index contributed by atoms with van der Waals surface area (Å²) in [5, 5.41) is 0.795. The topological polar surface area (TPSA) is 88.1 Å². The lowest BCUT2D eigenvalue weighted by atomic mass is 10.1. The van der Waals surface area contributed by atoms with Crippen molar-refractivity contribution in [3.8, 4) is 5.75 Å². The first-order valence-corrected chi connectivity index (χ1v) is 11.8. The van der Waals surface area contributed by atoms with Crippen LogP contribution >= 0.6 is 11.5 Å². The molecule has 2 fully saturated rings. The van der Waals surface area contributed by atoms with Crippen molar-refractivity contribution >= 4 is 28.7 Å². The van der Waals surface area contributed by atoms with Crippen molar-refractivity contribution in [2.45, 2.75) is 32.2 Å². The van der Waals surface area contributed by atoms with Crippen molar-refractivity contribution in [3.63, 3.8) is 0 Å². The van der Waals surface area contributed by atoms with Gasteiger partial charge in [0, 0.05) is 50.7 Å². The van der Waals surface area contributed by atoms with Crippen molar-refractivity contribution < 1.29 is 19.1 Å². The number of ether oxygens (including phenoxy) is 2. The summed E-state index contributed by atoms with van der Waals surface area (Å²) in [5.41, 5.74) is 1.09. The van der Waals surface area contributed by atoms with E-state index in [4.69, 9.17) is 14.5 Å². The summed E-state index contributed by atoms with van der Waals surface area (Å²) < 4.78 is 14.9. The minimum Gasteiger partial charge on any atom is -0.497 e. The molecule has 4 rings (SSSR count). The Morgan fingerprint density at radius 3 is 2.69 bits per heavy atom. The lowest BCUT2D eigenvalue weighted by molar-refractivity contribution is -0.134. The first-order chi connectivity index (χ1) is 15.6. The molecule has 0 aliphatic carbocycles. The molecule has 172 valence electrons. The summed E-state index contributed by atoms with van der Waals surface area (Å²) in [7, 11) is 1.65. The minimum atomic E-state index is -0.306. The van der Waals surface area contributed by atoms with Crippen LogP contribution in [0.1, 0.15) is 31.2 Å². The number of anilines is 1. The number of benzene rings is 1. The minimum absolute atomic E-state index is 0.107. The zero-order chi connectivity index (χ0) is 22.5. The number of piperazine rings is 1. The Balaban J connectivity index is 1.37. The van der Waals surface area contributed by atoms with Crippen LogP contribution < -0.4 is 9.64 Å². The molecule has 1 atom stereocenters. The first kappa shape index (κ1) is 22.3. The van der Waals surface area contributed by atoms with E-state index >= 15 is 0 Å². The van der Waals surface area contributed by atoms with Gasteiger partial charge in [-0.1, -0.05) is 12.1 Å². The van der Waals surface area contributed by atoms with Crippen molar-refractivity contribution in [1.29, 1.82) is 0 Å². The number of aromatic nitrogens is 2. The summed E-state index contributed by atoms with van der Waals surface area (Å²) >= 11 is 1.35. The Bertz CT molecular complexity index is 944. The number of hydrogen-bond donors (Lipinski definition) is 0. The van der Waals surface area contributed by atoms with Crippen LogP contribution in [0.4, 0.5) is 9.93 Å². The first-order valence-electron chi connectivity index (χ1n) is 11.0. The summed E-state index contributed by atoms with van der Waals surface area (Å²) in [6, 6.07) is 7.66. The SMILES string of the molecule is CCOC(=O)N1CCN(C(=O)C2CCCN2c2nc(Cc3cccc(OC)c3)ns2)CC1. The highest BCUT2D eigenvalue weighted by Crippen LogP contribution is 2.29. The Labute approximate surface area is 192 Å². The van der Waals surface area contributed by atoms with Crippen LogP contribution in [0.5, 0.6) is 5.75 Å². The fourth-order valence-electron chi connectivity index (χ4n) is 4.19. The molecule has 1 aromatic heterocycles. The molecule has 10 heteroatoms. The molecule has 32 heavy (non-hydrogen) atoms. The summed E-state index contributed by atoms with van der Waals surface area (Å²) in [5.74, 6) is 1.67. The van der Waals surface area contributed by atoms with Crippen LogP contribution in [-0.4, -0.2) is 83.6 Å². The third-order valence-electron chi connectivity index (χ3n) is 5.85. The molecule has 9 nitrogen and oxygen atoms in total. The van der Waals surface area contributed by atoms with Gasteiger partial charge in [0.05, 0.1) is 13.7 Å². The fourth-order valence-corrected chi connectivity index (χ4v) is 4.95. The van der Waals surface area contributed by atoms with E-state index in [0.717, 1.165) is 41.7 Å². The van der Waals surface area contributed by atoms with Gasteiger partial charge in [0.15, 0.2) is 0 Å². The third kappa shape index (κ3) is 4.95. The number of carbonyl (C=O) groups is 2. The zero-order valence-corrected chi connectivity index (χ0v) is 19.3. The van der Waals surface area contributed by atoms with Gasteiger partial charge in [-0.15, -0.1) is 0 Å². The van der Waals surface area contributed by atoms with Crippen molar-refractivity contribution in [1.82, 2.24) is 19.2 Å². The molecule has 2 saturated heterocycles. The van der Waals surface area contributed by atoms with Gasteiger partial charge >= 0.3 is 6.09 Å². The molecule has 0 saturated carbocycles. The quantitative estimate of drug-likeness (QED) is 0.655. The van der Waals surface area contributed by atoms with Gasteiger partial charge in [-0.3, -0.25) is 4.79 Å². The monoisotopic (exact) mass is 459 g/mol.